The number of rotatable bonds is 7. The molecule has 1 unspecified atom stereocenters. The number of nitrogens with zero attached hydrogens (tertiary/aromatic N) is 1. The molecule has 1 atom stereocenters. The molecule has 1 aromatic rings. The molecule has 0 saturated heterocycles. The van der Waals surface area contributed by atoms with Crippen molar-refractivity contribution in [2.45, 2.75) is 58.5 Å². The zero-order valence-electron chi connectivity index (χ0n) is 14.2. The second-order valence-electron chi connectivity index (χ2n) is 7.04. The maximum Gasteiger partial charge on any atom is 0.0447 e. The van der Waals surface area contributed by atoms with Gasteiger partial charge in [0.15, 0.2) is 0 Å². The Labute approximate surface area is 130 Å². The number of hydrogen-bond acceptors (Lipinski definition) is 2. The molecule has 118 valence electrons. The summed E-state index contributed by atoms with van der Waals surface area (Å²) >= 11 is 0. The average molecular weight is 288 g/mol. The van der Waals surface area contributed by atoms with Gasteiger partial charge in [-0.3, -0.25) is 4.90 Å². The van der Waals surface area contributed by atoms with Crippen LogP contribution in [0.4, 0.5) is 0 Å². The summed E-state index contributed by atoms with van der Waals surface area (Å²) in [6.07, 6.45) is 5.59. The molecule has 1 aliphatic rings. The van der Waals surface area contributed by atoms with Crippen LogP contribution in [-0.2, 0) is 0 Å². The van der Waals surface area contributed by atoms with Gasteiger partial charge in [-0.2, -0.15) is 0 Å². The summed E-state index contributed by atoms with van der Waals surface area (Å²) in [7, 11) is 2.09. The van der Waals surface area contributed by atoms with Crippen LogP contribution in [-0.4, -0.2) is 31.1 Å². The van der Waals surface area contributed by atoms with E-state index < -0.39 is 0 Å². The molecule has 1 saturated carbocycles. The molecule has 2 rings (SSSR count). The zero-order valence-corrected chi connectivity index (χ0v) is 14.2. The monoisotopic (exact) mass is 288 g/mol. The summed E-state index contributed by atoms with van der Waals surface area (Å²) in [5.74, 6) is 0.737. The lowest BCUT2D eigenvalue weighted by atomic mass is 10.0. The molecule has 21 heavy (non-hydrogen) atoms. The SMILES string of the molecule is CNC(CN(CC(C)C)C1CCCC1)c1cccc(C)c1. The Morgan fingerprint density at radius 3 is 2.48 bits per heavy atom. The Kier molecular flexibility index (Phi) is 6.25. The van der Waals surface area contributed by atoms with Crippen LogP contribution in [0.15, 0.2) is 24.3 Å². The van der Waals surface area contributed by atoms with Crippen molar-refractivity contribution in [3.05, 3.63) is 35.4 Å². The zero-order chi connectivity index (χ0) is 15.2. The van der Waals surface area contributed by atoms with Gasteiger partial charge in [0, 0.05) is 25.2 Å². The van der Waals surface area contributed by atoms with Gasteiger partial charge >= 0.3 is 0 Å². The van der Waals surface area contributed by atoms with Crippen LogP contribution in [0.25, 0.3) is 0 Å². The molecule has 1 fully saturated rings. The van der Waals surface area contributed by atoms with E-state index in [9.17, 15) is 0 Å². The minimum atomic E-state index is 0.434. The molecular formula is C19H32N2. The number of benzene rings is 1. The summed E-state index contributed by atoms with van der Waals surface area (Å²) < 4.78 is 0. The predicted molar refractivity (Wildman–Crippen MR) is 91.6 cm³/mol. The van der Waals surface area contributed by atoms with E-state index in [0.717, 1.165) is 18.5 Å². The first kappa shape index (κ1) is 16.5. The Morgan fingerprint density at radius 2 is 1.90 bits per heavy atom. The van der Waals surface area contributed by atoms with E-state index in [0.29, 0.717) is 6.04 Å². The van der Waals surface area contributed by atoms with Crippen molar-refractivity contribution < 1.29 is 0 Å². The predicted octanol–water partition coefficient (Wildman–Crippen LogP) is 4.16. The Balaban J connectivity index is 2.08. The molecule has 1 N–H and O–H groups in total. The summed E-state index contributed by atoms with van der Waals surface area (Å²) in [6.45, 7) is 9.20. The highest BCUT2D eigenvalue weighted by molar-refractivity contribution is 5.25. The fourth-order valence-electron chi connectivity index (χ4n) is 3.60. The molecule has 2 heteroatoms. The normalized spacial score (nSPS) is 17.8. The van der Waals surface area contributed by atoms with E-state index in [-0.39, 0.29) is 0 Å². The van der Waals surface area contributed by atoms with E-state index in [4.69, 9.17) is 0 Å². The van der Waals surface area contributed by atoms with Crippen molar-refractivity contribution in [3.8, 4) is 0 Å². The van der Waals surface area contributed by atoms with Gasteiger partial charge in [-0.05, 0) is 38.3 Å². The fraction of sp³-hybridized carbons (Fsp3) is 0.684. The number of nitrogens with one attached hydrogen (secondary N) is 1. The van der Waals surface area contributed by atoms with Crippen LogP contribution in [0.1, 0.15) is 56.7 Å². The third-order valence-corrected chi connectivity index (χ3v) is 4.65. The van der Waals surface area contributed by atoms with Gasteiger partial charge in [0.1, 0.15) is 0 Å². The molecule has 0 aliphatic heterocycles. The molecule has 2 nitrogen and oxygen atoms in total. The van der Waals surface area contributed by atoms with E-state index >= 15 is 0 Å². The molecule has 0 radical (unpaired) electrons. The smallest absolute Gasteiger partial charge is 0.0447 e. The molecule has 0 spiro atoms. The first-order chi connectivity index (χ1) is 10.1. The number of likely N-dealkylation sites (N-methyl/N-ethyl adjacent to an activating group) is 1. The summed E-state index contributed by atoms with van der Waals surface area (Å²) in [5, 5.41) is 3.53. The van der Waals surface area contributed by atoms with Crippen molar-refractivity contribution in [1.82, 2.24) is 10.2 Å². The van der Waals surface area contributed by atoms with Crippen LogP contribution < -0.4 is 5.32 Å². The third-order valence-electron chi connectivity index (χ3n) is 4.65. The topological polar surface area (TPSA) is 15.3 Å². The minimum Gasteiger partial charge on any atom is -0.312 e. The van der Waals surface area contributed by atoms with Crippen LogP contribution in [0, 0.1) is 12.8 Å². The van der Waals surface area contributed by atoms with Gasteiger partial charge in [-0.25, -0.2) is 0 Å². The molecular weight excluding hydrogens is 256 g/mol. The Morgan fingerprint density at radius 1 is 1.19 bits per heavy atom. The first-order valence-corrected chi connectivity index (χ1v) is 8.58. The first-order valence-electron chi connectivity index (χ1n) is 8.58. The quantitative estimate of drug-likeness (QED) is 0.810. The maximum absolute atomic E-state index is 3.53. The molecule has 1 aromatic carbocycles. The Bertz CT molecular complexity index is 421. The fourth-order valence-corrected chi connectivity index (χ4v) is 3.60. The lowest BCUT2D eigenvalue weighted by Gasteiger charge is -2.34. The highest BCUT2D eigenvalue weighted by atomic mass is 15.2. The van der Waals surface area contributed by atoms with E-state index in [2.05, 4.69) is 62.3 Å². The van der Waals surface area contributed by atoms with Gasteiger partial charge in [-0.1, -0.05) is 56.5 Å². The molecule has 0 heterocycles. The molecule has 0 aromatic heterocycles. The van der Waals surface area contributed by atoms with Gasteiger partial charge in [0.25, 0.3) is 0 Å². The lowest BCUT2D eigenvalue weighted by Crippen LogP contribution is -2.41. The second-order valence-corrected chi connectivity index (χ2v) is 7.04. The molecule has 0 amide bonds. The standard InChI is InChI=1S/C19H32N2/c1-15(2)13-21(18-10-5-6-11-18)14-19(20-4)17-9-7-8-16(3)12-17/h7-9,12,15,18-20H,5-6,10-11,13-14H2,1-4H3. The van der Waals surface area contributed by atoms with Crippen LogP contribution >= 0.6 is 0 Å². The van der Waals surface area contributed by atoms with Crippen LogP contribution in [0.2, 0.25) is 0 Å². The highest BCUT2D eigenvalue weighted by Gasteiger charge is 2.25. The van der Waals surface area contributed by atoms with Gasteiger partial charge in [0.2, 0.25) is 0 Å². The second kappa shape index (κ2) is 7.95. The summed E-state index contributed by atoms with van der Waals surface area (Å²) in [5.41, 5.74) is 2.77. The third kappa shape index (κ3) is 4.82. The minimum absolute atomic E-state index is 0.434. The van der Waals surface area contributed by atoms with Crippen molar-refractivity contribution in [2.24, 2.45) is 5.92 Å². The van der Waals surface area contributed by atoms with Crippen molar-refractivity contribution >= 4 is 0 Å². The highest BCUT2D eigenvalue weighted by Crippen LogP contribution is 2.26. The molecule has 0 bridgehead atoms. The van der Waals surface area contributed by atoms with Gasteiger partial charge in [-0.15, -0.1) is 0 Å². The van der Waals surface area contributed by atoms with Gasteiger partial charge < -0.3 is 5.32 Å². The van der Waals surface area contributed by atoms with Crippen LogP contribution in [0.3, 0.4) is 0 Å². The van der Waals surface area contributed by atoms with Crippen molar-refractivity contribution in [1.29, 1.82) is 0 Å². The maximum atomic E-state index is 3.53. The Hall–Kier alpha value is -0.860. The van der Waals surface area contributed by atoms with E-state index in [1.807, 2.05) is 0 Å². The van der Waals surface area contributed by atoms with E-state index in [1.54, 1.807) is 0 Å². The van der Waals surface area contributed by atoms with Crippen molar-refractivity contribution in [3.63, 3.8) is 0 Å². The largest absolute Gasteiger partial charge is 0.312 e. The summed E-state index contributed by atoms with van der Waals surface area (Å²) in [6, 6.07) is 10.2. The molecule has 1 aliphatic carbocycles. The number of aryl methyl sites for hydroxylation is 1. The number of hydrogen-bond donors (Lipinski definition) is 1. The van der Waals surface area contributed by atoms with Gasteiger partial charge in [0.05, 0.1) is 0 Å². The van der Waals surface area contributed by atoms with Crippen LogP contribution in [0.5, 0.6) is 0 Å². The lowest BCUT2D eigenvalue weighted by molar-refractivity contribution is 0.160. The van der Waals surface area contributed by atoms with E-state index in [1.165, 1.54) is 43.4 Å². The van der Waals surface area contributed by atoms with Crippen molar-refractivity contribution in [2.75, 3.05) is 20.1 Å². The summed E-state index contributed by atoms with van der Waals surface area (Å²) in [4.78, 5) is 2.74. The average Bonchev–Trinajstić information content (AvgIpc) is 2.97.